The quantitative estimate of drug-likeness (QED) is 0.317. The Balaban J connectivity index is 1.58. The number of amides is 1. The van der Waals surface area contributed by atoms with Crippen molar-refractivity contribution in [3.63, 3.8) is 0 Å². The molecule has 2 saturated carbocycles. The van der Waals surface area contributed by atoms with Gasteiger partial charge < -0.3 is 15.4 Å². The number of hydrogen-bond acceptors (Lipinski definition) is 4. The molecule has 6 nitrogen and oxygen atoms in total. The molecule has 1 amide bonds. The van der Waals surface area contributed by atoms with E-state index < -0.39 is 0 Å². The number of halogens is 3. The molecular weight excluding hydrogens is 519 g/mol. The maximum Gasteiger partial charge on any atom is 0.272 e. The first-order chi connectivity index (χ1) is 17.3. The zero-order chi connectivity index (χ0) is 25.4. The molecule has 3 atom stereocenters. The molecule has 1 aromatic heterocycles. The summed E-state index contributed by atoms with van der Waals surface area (Å²) in [4.78, 5) is 13.6. The first-order valence-electron chi connectivity index (χ1n) is 12.3. The molecule has 3 aromatic rings. The van der Waals surface area contributed by atoms with Crippen LogP contribution in [0.4, 0.5) is 0 Å². The summed E-state index contributed by atoms with van der Waals surface area (Å²) in [7, 11) is 0. The van der Waals surface area contributed by atoms with Crippen LogP contribution >= 0.6 is 34.8 Å². The van der Waals surface area contributed by atoms with Crippen molar-refractivity contribution < 1.29 is 9.53 Å². The number of rotatable bonds is 8. The molecule has 2 aliphatic rings. The molecule has 5 rings (SSSR count). The van der Waals surface area contributed by atoms with Crippen LogP contribution in [0.1, 0.15) is 55.6 Å². The largest absolute Gasteiger partial charge is 0.439 e. The van der Waals surface area contributed by atoms with Crippen LogP contribution < -0.4 is 15.4 Å². The lowest BCUT2D eigenvalue weighted by molar-refractivity contribution is 0.0916. The van der Waals surface area contributed by atoms with Crippen molar-refractivity contribution >= 4 is 40.7 Å². The molecule has 0 radical (unpaired) electrons. The molecule has 3 unspecified atom stereocenters. The van der Waals surface area contributed by atoms with E-state index in [0.717, 1.165) is 12.3 Å². The molecule has 190 valence electrons. The number of carbonyl (C=O) groups is 1. The molecular formula is C27H29Cl3N4O2. The van der Waals surface area contributed by atoms with Crippen molar-refractivity contribution in [1.29, 1.82) is 0 Å². The number of carbonyl (C=O) groups excluding carboxylic acids is 1. The van der Waals surface area contributed by atoms with Crippen molar-refractivity contribution in [3.05, 3.63) is 68.8 Å². The number of fused-ring (bicyclic) bond motifs is 2. The Morgan fingerprint density at radius 3 is 2.47 bits per heavy atom. The summed E-state index contributed by atoms with van der Waals surface area (Å²) in [6.07, 6.45) is 4.68. The van der Waals surface area contributed by atoms with Gasteiger partial charge in [-0.25, -0.2) is 0 Å². The van der Waals surface area contributed by atoms with Gasteiger partial charge in [-0.3, -0.25) is 4.79 Å². The monoisotopic (exact) mass is 546 g/mol. The molecule has 2 fully saturated rings. The number of nitrogens with one attached hydrogen (secondary N) is 2. The highest BCUT2D eigenvalue weighted by atomic mass is 35.5. The van der Waals surface area contributed by atoms with E-state index in [4.69, 9.17) is 44.6 Å². The molecule has 0 aliphatic heterocycles. The first-order valence-corrected chi connectivity index (χ1v) is 13.5. The second-order valence-corrected chi connectivity index (χ2v) is 11.3. The van der Waals surface area contributed by atoms with Gasteiger partial charge in [-0.15, -0.1) is 0 Å². The highest BCUT2D eigenvalue weighted by Gasteiger charge is 2.41. The third-order valence-electron chi connectivity index (χ3n) is 7.06. The van der Waals surface area contributed by atoms with E-state index in [1.54, 1.807) is 47.1 Å². The van der Waals surface area contributed by atoms with Crippen LogP contribution in [0.15, 0.2) is 42.5 Å². The number of hydrogen-bond donors (Lipinski definition) is 2. The SMILES string of the molecule is CC(C)NCc1c(C(=O)NC2CC3CCC2C3)nn(-c2ccc(Cl)cc2Cl)c1Oc1ccc(Cl)cc1. The minimum absolute atomic E-state index is 0.187. The van der Waals surface area contributed by atoms with Gasteiger partial charge in [0.15, 0.2) is 5.69 Å². The molecule has 0 spiro atoms. The van der Waals surface area contributed by atoms with E-state index in [1.165, 1.54) is 19.3 Å². The van der Waals surface area contributed by atoms with Crippen molar-refractivity contribution in [3.8, 4) is 17.3 Å². The van der Waals surface area contributed by atoms with E-state index in [1.807, 2.05) is 0 Å². The number of ether oxygens (including phenoxy) is 1. The van der Waals surface area contributed by atoms with Gasteiger partial charge in [0, 0.05) is 28.7 Å². The maximum absolute atomic E-state index is 13.6. The third-order valence-corrected chi connectivity index (χ3v) is 7.85. The zero-order valence-corrected chi connectivity index (χ0v) is 22.5. The predicted molar refractivity (Wildman–Crippen MR) is 144 cm³/mol. The number of aromatic nitrogens is 2. The average molecular weight is 548 g/mol. The van der Waals surface area contributed by atoms with Gasteiger partial charge in [0.05, 0.1) is 16.3 Å². The topological polar surface area (TPSA) is 68.2 Å². The van der Waals surface area contributed by atoms with E-state index in [9.17, 15) is 4.79 Å². The lowest BCUT2D eigenvalue weighted by Gasteiger charge is -2.22. The van der Waals surface area contributed by atoms with E-state index in [-0.39, 0.29) is 18.0 Å². The normalized spacial score (nSPS) is 20.8. The Bertz CT molecular complexity index is 1260. The van der Waals surface area contributed by atoms with Gasteiger partial charge in [0.25, 0.3) is 5.91 Å². The van der Waals surface area contributed by atoms with Crippen LogP contribution in [0.3, 0.4) is 0 Å². The minimum Gasteiger partial charge on any atom is -0.439 e. The van der Waals surface area contributed by atoms with Crippen molar-refractivity contribution in [2.24, 2.45) is 11.8 Å². The summed E-state index contributed by atoms with van der Waals surface area (Å²) < 4.78 is 7.93. The van der Waals surface area contributed by atoms with Crippen LogP contribution in [0, 0.1) is 11.8 Å². The Morgan fingerprint density at radius 2 is 1.83 bits per heavy atom. The summed E-state index contributed by atoms with van der Waals surface area (Å²) in [5.74, 6) is 2.05. The third kappa shape index (κ3) is 5.37. The smallest absolute Gasteiger partial charge is 0.272 e. The summed E-state index contributed by atoms with van der Waals surface area (Å²) >= 11 is 18.8. The molecule has 0 saturated heterocycles. The Hall–Kier alpha value is -2.25. The van der Waals surface area contributed by atoms with Gasteiger partial charge in [-0.1, -0.05) is 55.1 Å². The van der Waals surface area contributed by atoms with Gasteiger partial charge in [0.1, 0.15) is 5.75 Å². The minimum atomic E-state index is -0.196. The van der Waals surface area contributed by atoms with Crippen molar-refractivity contribution in [2.45, 2.75) is 58.2 Å². The second kappa shape index (κ2) is 10.6. The lowest BCUT2D eigenvalue weighted by atomic mass is 9.95. The Kier molecular flexibility index (Phi) is 7.49. The summed E-state index contributed by atoms with van der Waals surface area (Å²) in [5, 5.41) is 12.9. The average Bonchev–Trinajstić information content (AvgIpc) is 3.54. The molecule has 9 heteroatoms. The second-order valence-electron chi connectivity index (χ2n) is 9.99. The summed E-state index contributed by atoms with van der Waals surface area (Å²) in [5.41, 5.74) is 1.54. The van der Waals surface area contributed by atoms with Gasteiger partial charge in [0.2, 0.25) is 5.88 Å². The summed E-state index contributed by atoms with van der Waals surface area (Å²) in [6.45, 7) is 4.50. The molecule has 36 heavy (non-hydrogen) atoms. The first kappa shape index (κ1) is 25.4. The van der Waals surface area contributed by atoms with Crippen LogP contribution in [-0.4, -0.2) is 27.8 Å². The van der Waals surface area contributed by atoms with Gasteiger partial charge >= 0.3 is 0 Å². The van der Waals surface area contributed by atoms with Crippen LogP contribution in [0.2, 0.25) is 15.1 Å². The number of nitrogens with zero attached hydrogens (tertiary/aromatic N) is 2. The highest BCUT2D eigenvalue weighted by Crippen LogP contribution is 2.44. The molecule has 2 N–H and O–H groups in total. The molecule has 2 aliphatic carbocycles. The van der Waals surface area contributed by atoms with Gasteiger partial charge in [-0.05, 0) is 73.6 Å². The fourth-order valence-corrected chi connectivity index (χ4v) is 5.89. The summed E-state index contributed by atoms with van der Waals surface area (Å²) in [6, 6.07) is 12.6. The fourth-order valence-electron chi connectivity index (χ4n) is 5.28. The molecule has 1 heterocycles. The Labute approximate surface area is 226 Å². The van der Waals surface area contributed by atoms with Crippen molar-refractivity contribution in [2.75, 3.05) is 0 Å². The van der Waals surface area contributed by atoms with Crippen LogP contribution in [0.25, 0.3) is 5.69 Å². The maximum atomic E-state index is 13.6. The van der Waals surface area contributed by atoms with E-state index in [0.29, 0.717) is 56.1 Å². The lowest BCUT2D eigenvalue weighted by Crippen LogP contribution is -2.39. The number of benzene rings is 2. The van der Waals surface area contributed by atoms with Crippen molar-refractivity contribution in [1.82, 2.24) is 20.4 Å². The van der Waals surface area contributed by atoms with Gasteiger partial charge in [-0.2, -0.15) is 9.78 Å². The fraction of sp³-hybridized carbons (Fsp3) is 0.407. The standard InChI is InChI=1S/C27H29Cl3N4O2/c1-15(2)31-14-21-25(26(35)32-23-12-16-3-4-17(23)11-16)33-34(24-10-7-19(29)13-22(24)30)27(21)36-20-8-5-18(28)6-9-20/h5-10,13,15-17,23,31H,3-4,11-12,14H2,1-2H3,(H,32,35). The van der Waals surface area contributed by atoms with E-state index in [2.05, 4.69) is 24.5 Å². The predicted octanol–water partition coefficient (Wildman–Crippen LogP) is 7.04. The Morgan fingerprint density at radius 1 is 1.08 bits per heavy atom. The molecule has 2 bridgehead atoms. The van der Waals surface area contributed by atoms with Crippen LogP contribution in [0.5, 0.6) is 11.6 Å². The highest BCUT2D eigenvalue weighted by molar-refractivity contribution is 6.35. The molecule has 2 aromatic carbocycles. The van der Waals surface area contributed by atoms with Crippen LogP contribution in [-0.2, 0) is 6.54 Å². The zero-order valence-electron chi connectivity index (χ0n) is 20.2. The van der Waals surface area contributed by atoms with E-state index >= 15 is 0 Å².